The Morgan fingerprint density at radius 3 is 2.86 bits per heavy atom. The van der Waals surface area contributed by atoms with E-state index in [9.17, 15) is 4.39 Å². The Hall–Kier alpha value is -1.22. The van der Waals surface area contributed by atoms with Gasteiger partial charge >= 0.3 is 0 Å². The topological polar surface area (TPSA) is 48.5 Å². The molecule has 0 spiro atoms. The number of benzene rings is 1. The van der Waals surface area contributed by atoms with E-state index >= 15 is 0 Å². The van der Waals surface area contributed by atoms with E-state index in [0.29, 0.717) is 21.5 Å². The lowest BCUT2D eigenvalue weighted by atomic mass is 10.3. The molecule has 0 aliphatic carbocycles. The monoisotopic (exact) mass is 419 g/mol. The number of alkyl halides is 1. The molecule has 3 rings (SSSR count). The van der Waals surface area contributed by atoms with Gasteiger partial charge in [0.2, 0.25) is 0 Å². The fraction of sp³-hybridized carbons (Fsp3) is 0.308. The Balaban J connectivity index is 2.14. The van der Waals surface area contributed by atoms with Crippen LogP contribution in [0.1, 0.15) is 18.6 Å². The highest BCUT2D eigenvalue weighted by atomic mass is 127. The van der Waals surface area contributed by atoms with Gasteiger partial charge in [-0.25, -0.2) is 9.37 Å². The molecule has 0 fully saturated rings. The van der Waals surface area contributed by atoms with Crippen LogP contribution >= 0.6 is 34.2 Å². The van der Waals surface area contributed by atoms with Crippen LogP contribution in [0.3, 0.4) is 0 Å². The minimum Gasteiger partial charge on any atom is -0.319 e. The number of rotatable bonds is 4. The molecule has 21 heavy (non-hydrogen) atoms. The summed E-state index contributed by atoms with van der Waals surface area (Å²) in [6.45, 7) is 3.26. The Kier molecular flexibility index (Phi) is 4.12. The first-order valence-corrected chi connectivity index (χ1v) is 8.02. The first kappa shape index (κ1) is 14.7. The van der Waals surface area contributed by atoms with E-state index < -0.39 is 0 Å². The third kappa shape index (κ3) is 2.64. The summed E-state index contributed by atoms with van der Waals surface area (Å²) < 4.78 is 18.2. The molecule has 0 saturated heterocycles. The average Bonchev–Trinajstić information content (AvgIpc) is 3.05. The molecular formula is C13H12ClFIN5. The number of hydrogen-bond acceptors (Lipinski definition) is 3. The van der Waals surface area contributed by atoms with Gasteiger partial charge in [-0.2, -0.15) is 0 Å². The van der Waals surface area contributed by atoms with Crippen molar-refractivity contribution in [2.45, 2.75) is 25.9 Å². The van der Waals surface area contributed by atoms with E-state index in [-0.39, 0.29) is 11.7 Å². The minimum absolute atomic E-state index is 0.257. The molecule has 0 aliphatic heterocycles. The summed E-state index contributed by atoms with van der Waals surface area (Å²) in [6.07, 6.45) is 1.68. The van der Waals surface area contributed by atoms with Gasteiger partial charge in [-0.1, -0.05) is 0 Å². The Labute approximate surface area is 139 Å². The van der Waals surface area contributed by atoms with E-state index in [1.807, 2.05) is 38.6 Å². The molecule has 0 saturated carbocycles. The number of fused-ring (bicyclic) bond motifs is 1. The number of aromatic nitrogens is 5. The number of hydrogen-bond donors (Lipinski definition) is 0. The van der Waals surface area contributed by atoms with Crippen molar-refractivity contribution in [3.05, 3.63) is 39.5 Å². The second kappa shape index (κ2) is 5.88. The molecule has 3 aromatic rings. The van der Waals surface area contributed by atoms with Crippen LogP contribution in [-0.4, -0.2) is 24.3 Å². The van der Waals surface area contributed by atoms with Gasteiger partial charge in [0.1, 0.15) is 18.0 Å². The molecule has 8 heteroatoms. The van der Waals surface area contributed by atoms with E-state index in [1.54, 1.807) is 12.4 Å². The maximum Gasteiger partial charge on any atom is 0.152 e. The van der Waals surface area contributed by atoms with Gasteiger partial charge < -0.3 is 9.13 Å². The summed E-state index contributed by atoms with van der Waals surface area (Å²) in [7, 11) is 0. The van der Waals surface area contributed by atoms with E-state index in [0.717, 1.165) is 17.9 Å². The Bertz CT molecular complexity index is 797. The highest BCUT2D eigenvalue weighted by Crippen LogP contribution is 2.23. The molecule has 1 aromatic carbocycles. The van der Waals surface area contributed by atoms with Gasteiger partial charge in [-0.3, -0.25) is 0 Å². The molecule has 0 N–H and O–H groups in total. The lowest BCUT2D eigenvalue weighted by Gasteiger charge is -2.08. The lowest BCUT2D eigenvalue weighted by molar-refractivity contribution is 0.618. The molecule has 110 valence electrons. The quantitative estimate of drug-likeness (QED) is 0.482. The van der Waals surface area contributed by atoms with Gasteiger partial charge in [0.15, 0.2) is 5.82 Å². The van der Waals surface area contributed by atoms with Crippen molar-refractivity contribution in [2.75, 3.05) is 0 Å². The van der Waals surface area contributed by atoms with Gasteiger partial charge in [0.05, 0.1) is 27.0 Å². The highest BCUT2D eigenvalue weighted by Gasteiger charge is 2.15. The van der Waals surface area contributed by atoms with Crippen LogP contribution in [0.25, 0.3) is 11.0 Å². The number of aryl methyl sites for hydroxylation is 1. The van der Waals surface area contributed by atoms with Gasteiger partial charge in [0, 0.05) is 12.6 Å². The second-order valence-electron chi connectivity index (χ2n) is 4.54. The van der Waals surface area contributed by atoms with E-state index in [4.69, 9.17) is 11.6 Å². The third-order valence-electron chi connectivity index (χ3n) is 3.32. The van der Waals surface area contributed by atoms with Crippen LogP contribution < -0.4 is 0 Å². The van der Waals surface area contributed by atoms with Gasteiger partial charge in [0.25, 0.3) is 0 Å². The SMILES string of the molecule is CCn1cnnc1Cn1c(CCl)nc2cc(I)c(F)cc21. The highest BCUT2D eigenvalue weighted by molar-refractivity contribution is 14.1. The third-order valence-corrected chi connectivity index (χ3v) is 4.39. The summed E-state index contributed by atoms with van der Waals surface area (Å²) in [4.78, 5) is 4.47. The molecule has 0 atom stereocenters. The predicted molar refractivity (Wildman–Crippen MR) is 86.8 cm³/mol. The summed E-state index contributed by atoms with van der Waals surface area (Å²) in [5.41, 5.74) is 1.45. The van der Waals surface area contributed by atoms with Crippen LogP contribution in [-0.2, 0) is 19.0 Å². The molecule has 0 amide bonds. The first-order valence-electron chi connectivity index (χ1n) is 6.40. The Morgan fingerprint density at radius 2 is 2.14 bits per heavy atom. The molecule has 2 heterocycles. The van der Waals surface area contributed by atoms with Crippen molar-refractivity contribution in [3.63, 3.8) is 0 Å². The van der Waals surface area contributed by atoms with Gasteiger partial charge in [-0.05, 0) is 35.6 Å². The summed E-state index contributed by atoms with van der Waals surface area (Å²) >= 11 is 7.93. The maximum atomic E-state index is 13.9. The van der Waals surface area contributed by atoms with Crippen LogP contribution in [0, 0.1) is 9.39 Å². The van der Waals surface area contributed by atoms with Crippen molar-refractivity contribution in [3.8, 4) is 0 Å². The average molecular weight is 420 g/mol. The number of halogens is 3. The maximum absolute atomic E-state index is 13.9. The molecule has 0 radical (unpaired) electrons. The van der Waals surface area contributed by atoms with Crippen LogP contribution in [0.5, 0.6) is 0 Å². The zero-order valence-corrected chi connectivity index (χ0v) is 14.1. The minimum atomic E-state index is -0.262. The fourth-order valence-electron chi connectivity index (χ4n) is 2.26. The summed E-state index contributed by atoms with van der Waals surface area (Å²) in [6, 6.07) is 3.22. The van der Waals surface area contributed by atoms with E-state index in [1.165, 1.54) is 6.07 Å². The molecule has 0 aliphatic rings. The fourth-order valence-corrected chi connectivity index (χ4v) is 2.91. The largest absolute Gasteiger partial charge is 0.319 e. The van der Waals surface area contributed by atoms with Crippen molar-refractivity contribution in [1.82, 2.24) is 24.3 Å². The lowest BCUT2D eigenvalue weighted by Crippen LogP contribution is -2.10. The summed E-state index contributed by atoms with van der Waals surface area (Å²) in [5.74, 6) is 1.48. The summed E-state index contributed by atoms with van der Waals surface area (Å²) in [5, 5.41) is 8.02. The number of imidazole rings is 1. The standard InChI is InChI=1S/C13H12ClFIN5/c1-2-20-7-17-19-13(20)6-21-11-3-8(15)9(16)4-10(11)18-12(21)5-14/h3-4,7H,2,5-6H2,1H3. The Morgan fingerprint density at radius 1 is 1.33 bits per heavy atom. The molecule has 0 bridgehead atoms. The molecular weight excluding hydrogens is 408 g/mol. The van der Waals surface area contributed by atoms with Crippen LogP contribution in [0.4, 0.5) is 4.39 Å². The molecule has 2 aromatic heterocycles. The van der Waals surface area contributed by atoms with Crippen molar-refractivity contribution < 1.29 is 4.39 Å². The zero-order chi connectivity index (χ0) is 15.0. The second-order valence-corrected chi connectivity index (χ2v) is 5.97. The number of nitrogens with zero attached hydrogens (tertiary/aromatic N) is 5. The predicted octanol–water partition coefficient (Wildman–Crippen LogP) is 3.18. The van der Waals surface area contributed by atoms with Crippen LogP contribution in [0.15, 0.2) is 18.5 Å². The zero-order valence-electron chi connectivity index (χ0n) is 11.2. The van der Waals surface area contributed by atoms with Crippen molar-refractivity contribution in [2.24, 2.45) is 0 Å². The van der Waals surface area contributed by atoms with Crippen molar-refractivity contribution in [1.29, 1.82) is 0 Å². The molecule has 5 nitrogen and oxygen atoms in total. The molecule has 0 unspecified atom stereocenters. The van der Waals surface area contributed by atoms with Crippen molar-refractivity contribution >= 4 is 45.2 Å². The van der Waals surface area contributed by atoms with Gasteiger partial charge in [-0.15, -0.1) is 21.8 Å². The van der Waals surface area contributed by atoms with E-state index in [2.05, 4.69) is 15.2 Å². The van der Waals surface area contributed by atoms with Crippen LogP contribution in [0.2, 0.25) is 0 Å². The smallest absolute Gasteiger partial charge is 0.152 e. The first-order chi connectivity index (χ1) is 10.1. The normalized spacial score (nSPS) is 11.4.